The fraction of sp³-hybridized carbons (Fsp3) is 0.364. The fourth-order valence-electron chi connectivity index (χ4n) is 3.55. The number of oxime groups is 1. The summed E-state index contributed by atoms with van der Waals surface area (Å²) < 4.78 is 1.81. The Morgan fingerprint density at radius 3 is 2.69 bits per heavy atom. The number of fused-ring (bicyclic) bond motifs is 1. The summed E-state index contributed by atoms with van der Waals surface area (Å²) in [5.41, 5.74) is 1.81. The van der Waals surface area contributed by atoms with Crippen molar-refractivity contribution in [2.24, 2.45) is 15.4 Å². The molecule has 0 saturated carbocycles. The molecule has 32 heavy (non-hydrogen) atoms. The zero-order valence-corrected chi connectivity index (χ0v) is 19.0. The lowest BCUT2D eigenvalue weighted by Crippen LogP contribution is -2.44. The van der Waals surface area contributed by atoms with Gasteiger partial charge < -0.3 is 14.8 Å². The van der Waals surface area contributed by atoms with Crippen molar-refractivity contribution in [3.8, 4) is 5.88 Å². The fourth-order valence-corrected chi connectivity index (χ4v) is 4.22. The highest BCUT2D eigenvalue weighted by Gasteiger charge is 2.20. The Labute approximate surface area is 190 Å². The van der Waals surface area contributed by atoms with Gasteiger partial charge in [-0.1, -0.05) is 29.4 Å². The minimum Gasteiger partial charge on any atom is -0.493 e. The topological polar surface area (TPSA) is 95.0 Å². The van der Waals surface area contributed by atoms with E-state index in [-0.39, 0.29) is 18.2 Å². The van der Waals surface area contributed by atoms with E-state index in [1.54, 1.807) is 11.3 Å². The highest BCUT2D eigenvalue weighted by molar-refractivity contribution is 7.12. The van der Waals surface area contributed by atoms with Gasteiger partial charge in [0.2, 0.25) is 5.88 Å². The number of likely N-dealkylation sites (N-methyl/N-ethyl adjacent to an activating group) is 1. The molecule has 3 aromatic rings. The van der Waals surface area contributed by atoms with E-state index in [1.807, 2.05) is 53.3 Å². The zero-order valence-electron chi connectivity index (χ0n) is 18.1. The van der Waals surface area contributed by atoms with Crippen LogP contribution in [-0.2, 0) is 16.3 Å². The quantitative estimate of drug-likeness (QED) is 0.334. The molecule has 9 nitrogen and oxygen atoms in total. The van der Waals surface area contributed by atoms with Crippen molar-refractivity contribution < 1.29 is 14.7 Å². The number of piperazine rings is 1. The number of hydrogen-bond acceptors (Lipinski definition) is 8. The second-order valence-electron chi connectivity index (χ2n) is 7.70. The lowest BCUT2D eigenvalue weighted by atomic mass is 10.2. The van der Waals surface area contributed by atoms with Gasteiger partial charge in [0.05, 0.1) is 22.8 Å². The number of rotatable bonds is 7. The molecule has 1 amide bonds. The molecular formula is C22H26N6O3S. The zero-order chi connectivity index (χ0) is 22.5. The van der Waals surface area contributed by atoms with Crippen LogP contribution in [0, 0.1) is 0 Å². The van der Waals surface area contributed by atoms with Crippen LogP contribution in [0.4, 0.5) is 5.69 Å². The number of azo groups is 1. The van der Waals surface area contributed by atoms with Crippen molar-refractivity contribution in [3.05, 3.63) is 46.7 Å². The molecule has 1 aliphatic heterocycles. The molecule has 168 valence electrons. The first-order valence-corrected chi connectivity index (χ1v) is 11.3. The standard InChI is InChI=1S/C22H26N6O3S/c1-16(19-8-5-13-32-19)25-31-14-20(29)23-24-21-17-6-3-4-7-18(17)28(22(21)30)15-27-11-9-26(2)10-12-27/h3-8,13,30H,9-12,14-15H2,1-2H3/b24-23?,25-16+. The largest absolute Gasteiger partial charge is 0.493 e. The summed E-state index contributed by atoms with van der Waals surface area (Å²) in [4.78, 5) is 22.8. The number of carbonyl (C=O) groups is 1. The number of carbonyl (C=O) groups excluding carboxylic acids is 1. The van der Waals surface area contributed by atoms with Gasteiger partial charge in [-0.15, -0.1) is 21.6 Å². The number of hydrogen-bond donors (Lipinski definition) is 1. The van der Waals surface area contributed by atoms with E-state index in [9.17, 15) is 9.90 Å². The molecule has 0 atom stereocenters. The van der Waals surface area contributed by atoms with Gasteiger partial charge in [0.15, 0.2) is 12.3 Å². The molecule has 10 heteroatoms. The monoisotopic (exact) mass is 454 g/mol. The molecule has 0 unspecified atom stereocenters. The predicted octanol–water partition coefficient (Wildman–Crippen LogP) is 3.66. The summed E-state index contributed by atoms with van der Waals surface area (Å²) in [6, 6.07) is 11.4. The van der Waals surface area contributed by atoms with Gasteiger partial charge >= 0.3 is 5.91 Å². The normalized spacial score (nSPS) is 16.2. The average molecular weight is 455 g/mol. The lowest BCUT2D eigenvalue weighted by molar-refractivity contribution is -0.122. The number of aromatic nitrogens is 1. The van der Waals surface area contributed by atoms with Crippen LogP contribution in [0.5, 0.6) is 5.88 Å². The molecule has 2 aromatic heterocycles. The second-order valence-corrected chi connectivity index (χ2v) is 8.65. The van der Waals surface area contributed by atoms with Crippen molar-refractivity contribution in [3.63, 3.8) is 0 Å². The number of aromatic hydroxyl groups is 1. The van der Waals surface area contributed by atoms with Crippen molar-refractivity contribution in [1.29, 1.82) is 0 Å². The first-order chi connectivity index (χ1) is 15.5. The summed E-state index contributed by atoms with van der Waals surface area (Å²) in [6.07, 6.45) is 0. The van der Waals surface area contributed by atoms with Crippen LogP contribution in [0.1, 0.15) is 11.8 Å². The maximum atomic E-state index is 12.1. The molecule has 0 radical (unpaired) electrons. The maximum Gasteiger partial charge on any atom is 0.304 e. The van der Waals surface area contributed by atoms with Crippen molar-refractivity contribution in [2.45, 2.75) is 13.6 Å². The summed E-state index contributed by atoms with van der Waals surface area (Å²) >= 11 is 1.54. The van der Waals surface area contributed by atoms with Gasteiger partial charge in [-0.3, -0.25) is 14.3 Å². The molecule has 0 bridgehead atoms. The SMILES string of the molecule is C/C(=N\OCC(=O)N=Nc1c(O)n(CN2CCN(C)CC2)c2ccccc12)c1cccs1. The van der Waals surface area contributed by atoms with Gasteiger partial charge in [0.1, 0.15) is 0 Å². The highest BCUT2D eigenvalue weighted by Crippen LogP contribution is 2.39. The predicted molar refractivity (Wildman–Crippen MR) is 125 cm³/mol. The second kappa shape index (κ2) is 10.0. The van der Waals surface area contributed by atoms with Gasteiger partial charge in [-0.05, 0) is 31.5 Å². The summed E-state index contributed by atoms with van der Waals surface area (Å²) in [5, 5.41) is 25.3. The highest BCUT2D eigenvalue weighted by atomic mass is 32.1. The minimum absolute atomic E-state index is 0.00541. The minimum atomic E-state index is -0.581. The van der Waals surface area contributed by atoms with Crippen LogP contribution in [0.3, 0.4) is 0 Å². The van der Waals surface area contributed by atoms with E-state index in [1.165, 1.54) is 0 Å². The van der Waals surface area contributed by atoms with Crippen LogP contribution in [0.2, 0.25) is 0 Å². The molecule has 4 rings (SSSR count). The van der Waals surface area contributed by atoms with Crippen molar-refractivity contribution in [2.75, 3.05) is 39.8 Å². The van der Waals surface area contributed by atoms with Gasteiger partial charge in [-0.2, -0.15) is 0 Å². The smallest absolute Gasteiger partial charge is 0.304 e. The lowest BCUT2D eigenvalue weighted by Gasteiger charge is -2.32. The van der Waals surface area contributed by atoms with E-state index >= 15 is 0 Å². The van der Waals surface area contributed by atoms with Gasteiger partial charge in [0.25, 0.3) is 0 Å². The van der Waals surface area contributed by atoms with Gasteiger partial charge in [-0.25, -0.2) is 0 Å². The third kappa shape index (κ3) is 5.04. The number of amides is 1. The van der Waals surface area contributed by atoms with Crippen LogP contribution >= 0.6 is 11.3 Å². The van der Waals surface area contributed by atoms with E-state index in [0.29, 0.717) is 12.4 Å². The van der Waals surface area contributed by atoms with Crippen molar-refractivity contribution in [1.82, 2.24) is 14.4 Å². The Kier molecular flexibility index (Phi) is 6.93. The molecule has 1 N–H and O–H groups in total. The van der Waals surface area contributed by atoms with E-state index < -0.39 is 5.91 Å². The third-order valence-electron chi connectivity index (χ3n) is 5.38. The first-order valence-electron chi connectivity index (χ1n) is 10.4. The molecule has 0 aliphatic carbocycles. The van der Waals surface area contributed by atoms with Crippen LogP contribution in [-0.4, -0.2) is 70.9 Å². The molecule has 1 fully saturated rings. The van der Waals surface area contributed by atoms with E-state index in [0.717, 1.165) is 42.0 Å². The molecule has 1 aromatic carbocycles. The van der Waals surface area contributed by atoms with Crippen LogP contribution in [0.15, 0.2) is 57.2 Å². The molecule has 3 heterocycles. The molecule has 1 aliphatic rings. The number of benzene rings is 1. The first kappa shape index (κ1) is 22.1. The summed E-state index contributed by atoms with van der Waals surface area (Å²) in [7, 11) is 2.11. The number of para-hydroxylation sites is 1. The van der Waals surface area contributed by atoms with E-state index in [4.69, 9.17) is 4.84 Å². The van der Waals surface area contributed by atoms with E-state index in [2.05, 4.69) is 32.2 Å². The number of thiophene rings is 1. The Morgan fingerprint density at radius 1 is 1.16 bits per heavy atom. The van der Waals surface area contributed by atoms with Crippen LogP contribution < -0.4 is 0 Å². The maximum absolute atomic E-state index is 12.1. The Bertz CT molecular complexity index is 1130. The average Bonchev–Trinajstić information content (AvgIpc) is 3.42. The third-order valence-corrected chi connectivity index (χ3v) is 6.36. The van der Waals surface area contributed by atoms with Gasteiger partial charge in [0, 0.05) is 31.6 Å². The molecule has 0 spiro atoms. The Hall–Kier alpha value is -3.08. The number of nitrogens with zero attached hydrogens (tertiary/aromatic N) is 6. The Morgan fingerprint density at radius 2 is 1.94 bits per heavy atom. The van der Waals surface area contributed by atoms with Crippen molar-refractivity contribution >= 4 is 39.5 Å². The molecular weight excluding hydrogens is 428 g/mol. The molecule has 1 saturated heterocycles. The van der Waals surface area contributed by atoms with Crippen LogP contribution in [0.25, 0.3) is 10.9 Å². The summed E-state index contributed by atoms with van der Waals surface area (Å²) in [6.45, 7) is 5.83. The Balaban J connectivity index is 1.46. The summed E-state index contributed by atoms with van der Waals surface area (Å²) in [5.74, 6) is -0.586.